The zero-order valence-corrected chi connectivity index (χ0v) is 16.9. The number of hydrogen-bond donors (Lipinski definition) is 0. The average Bonchev–Trinajstić information content (AvgIpc) is 2.76. The number of unbranched alkanes of at least 4 members (excludes halogenated alkanes) is 2. The molecule has 1 saturated carbocycles. The van der Waals surface area contributed by atoms with E-state index < -0.39 is 0 Å². The lowest BCUT2D eigenvalue weighted by Gasteiger charge is -2.39. The van der Waals surface area contributed by atoms with Crippen molar-refractivity contribution >= 4 is 17.7 Å². The molecule has 0 aromatic heterocycles. The molecule has 2 bridgehead atoms. The highest BCUT2D eigenvalue weighted by atomic mass is 32.2. The van der Waals surface area contributed by atoms with E-state index in [0.717, 1.165) is 23.8 Å². The van der Waals surface area contributed by atoms with Crippen LogP contribution in [0, 0.1) is 10.8 Å². The number of thioether (sulfide) groups is 1. The molecule has 3 atom stereocenters. The van der Waals surface area contributed by atoms with Crippen LogP contribution >= 0.6 is 11.8 Å². The summed E-state index contributed by atoms with van der Waals surface area (Å²) in [6.07, 6.45) is 11.1. The van der Waals surface area contributed by atoms with Crippen LogP contribution in [0.15, 0.2) is 11.0 Å². The molecule has 1 saturated heterocycles. The van der Waals surface area contributed by atoms with Crippen LogP contribution in [0.3, 0.4) is 0 Å². The Morgan fingerprint density at radius 2 is 2.08 bits per heavy atom. The van der Waals surface area contributed by atoms with Gasteiger partial charge in [-0.15, -0.1) is 11.8 Å². The third kappa shape index (κ3) is 4.03. The average molecular weight is 350 g/mol. The molecule has 0 N–H and O–H groups in total. The summed E-state index contributed by atoms with van der Waals surface area (Å²) in [6, 6.07) is 0.472. The van der Waals surface area contributed by atoms with Gasteiger partial charge < -0.3 is 4.90 Å². The molecule has 2 fully saturated rings. The van der Waals surface area contributed by atoms with Gasteiger partial charge in [-0.05, 0) is 54.8 Å². The van der Waals surface area contributed by atoms with Gasteiger partial charge in [-0.3, -0.25) is 4.79 Å². The van der Waals surface area contributed by atoms with Crippen LogP contribution in [0.2, 0.25) is 0 Å². The normalized spacial score (nSPS) is 35.0. The van der Waals surface area contributed by atoms with E-state index in [2.05, 4.69) is 38.0 Å². The van der Waals surface area contributed by atoms with Crippen molar-refractivity contribution in [2.24, 2.45) is 10.8 Å². The minimum Gasteiger partial charge on any atom is -0.335 e. The van der Waals surface area contributed by atoms with Crippen molar-refractivity contribution in [2.45, 2.75) is 96.8 Å². The van der Waals surface area contributed by atoms with Crippen molar-refractivity contribution in [3.8, 4) is 0 Å². The highest BCUT2D eigenvalue weighted by Gasteiger charge is 2.51. The maximum atomic E-state index is 13.1. The van der Waals surface area contributed by atoms with Gasteiger partial charge in [0.05, 0.1) is 0 Å². The molecular formula is C21H35NOS. The van der Waals surface area contributed by atoms with Crippen molar-refractivity contribution in [1.82, 2.24) is 4.90 Å². The van der Waals surface area contributed by atoms with E-state index in [4.69, 9.17) is 0 Å². The maximum absolute atomic E-state index is 13.1. The standard InChI is InChI=1S/C21H35NOS/c1-5-6-7-8-18-10-9-16(13-24-18)19(23)22-15-21(4)12-17(22)11-20(2,3)14-21/h13,17-18H,5-12,14-15H2,1-4H3. The van der Waals surface area contributed by atoms with Gasteiger partial charge in [-0.2, -0.15) is 0 Å². The van der Waals surface area contributed by atoms with Gasteiger partial charge in [-0.1, -0.05) is 47.0 Å². The number of hydrogen-bond acceptors (Lipinski definition) is 2. The van der Waals surface area contributed by atoms with Crippen molar-refractivity contribution in [1.29, 1.82) is 0 Å². The largest absolute Gasteiger partial charge is 0.335 e. The summed E-state index contributed by atoms with van der Waals surface area (Å²) < 4.78 is 0. The number of likely N-dealkylation sites (tertiary alicyclic amines) is 1. The number of carbonyl (C=O) groups excluding carboxylic acids is 1. The molecule has 0 aromatic rings. The van der Waals surface area contributed by atoms with E-state index >= 15 is 0 Å². The predicted octanol–water partition coefficient (Wildman–Crippen LogP) is 5.77. The van der Waals surface area contributed by atoms with Crippen LogP contribution in [0.5, 0.6) is 0 Å². The predicted molar refractivity (Wildman–Crippen MR) is 104 cm³/mol. The Hall–Kier alpha value is -0.440. The topological polar surface area (TPSA) is 20.3 Å². The molecule has 3 unspecified atom stereocenters. The van der Waals surface area contributed by atoms with Crippen LogP contribution in [-0.2, 0) is 4.79 Å². The summed E-state index contributed by atoms with van der Waals surface area (Å²) >= 11 is 1.92. The van der Waals surface area contributed by atoms with Gasteiger partial charge in [0.1, 0.15) is 0 Å². The molecule has 2 nitrogen and oxygen atoms in total. The molecule has 136 valence electrons. The van der Waals surface area contributed by atoms with E-state index in [1.165, 1.54) is 51.4 Å². The molecule has 0 aromatic carbocycles. The lowest BCUT2D eigenvalue weighted by molar-refractivity contribution is -0.128. The first-order valence-corrected chi connectivity index (χ1v) is 10.9. The third-order valence-corrected chi connectivity index (χ3v) is 7.50. The van der Waals surface area contributed by atoms with Gasteiger partial charge in [0, 0.05) is 23.4 Å². The van der Waals surface area contributed by atoms with Crippen LogP contribution in [0.1, 0.15) is 85.5 Å². The molecule has 0 spiro atoms. The van der Waals surface area contributed by atoms with Gasteiger partial charge in [0.25, 0.3) is 5.91 Å². The highest BCUT2D eigenvalue weighted by molar-refractivity contribution is 8.02. The first kappa shape index (κ1) is 18.4. The van der Waals surface area contributed by atoms with Crippen molar-refractivity contribution in [3.63, 3.8) is 0 Å². The lowest BCUT2D eigenvalue weighted by Crippen LogP contribution is -2.38. The Morgan fingerprint density at radius 1 is 1.29 bits per heavy atom. The second-order valence-corrected chi connectivity index (χ2v) is 10.8. The first-order chi connectivity index (χ1) is 11.3. The quantitative estimate of drug-likeness (QED) is 0.587. The van der Waals surface area contributed by atoms with Crippen LogP contribution in [0.25, 0.3) is 0 Å². The van der Waals surface area contributed by atoms with Crippen LogP contribution < -0.4 is 0 Å². The Morgan fingerprint density at radius 3 is 2.75 bits per heavy atom. The fraction of sp³-hybridized carbons (Fsp3) is 0.857. The number of rotatable bonds is 5. The Kier molecular flexibility index (Phi) is 5.39. The summed E-state index contributed by atoms with van der Waals surface area (Å²) in [5.74, 6) is 0.348. The molecule has 3 rings (SSSR count). The molecule has 2 heterocycles. The third-order valence-electron chi connectivity index (χ3n) is 6.22. The summed E-state index contributed by atoms with van der Waals surface area (Å²) in [5.41, 5.74) is 1.81. The minimum atomic E-state index is 0.340. The number of nitrogens with zero attached hydrogens (tertiary/aromatic N) is 1. The monoisotopic (exact) mass is 349 g/mol. The second kappa shape index (κ2) is 7.05. The van der Waals surface area contributed by atoms with Crippen LogP contribution in [-0.4, -0.2) is 28.6 Å². The SMILES string of the molecule is CCCCCC1CCC(C(=O)N2CC3(C)CC2CC(C)(C)C3)=CS1. The minimum absolute atomic E-state index is 0.340. The number of carbonyl (C=O) groups is 1. The summed E-state index contributed by atoms with van der Waals surface area (Å²) in [4.78, 5) is 15.3. The van der Waals surface area contributed by atoms with E-state index in [1.54, 1.807) is 0 Å². The highest BCUT2D eigenvalue weighted by Crippen LogP contribution is 2.53. The number of fused-ring (bicyclic) bond motifs is 2. The molecule has 24 heavy (non-hydrogen) atoms. The summed E-state index contributed by atoms with van der Waals surface area (Å²) in [5, 5.41) is 2.94. The molecule has 3 heteroatoms. The van der Waals surface area contributed by atoms with Gasteiger partial charge in [0.2, 0.25) is 0 Å². The van der Waals surface area contributed by atoms with E-state index in [0.29, 0.717) is 22.8 Å². The molecule has 1 aliphatic carbocycles. The first-order valence-electron chi connectivity index (χ1n) is 9.97. The molecule has 1 amide bonds. The summed E-state index contributed by atoms with van der Waals surface area (Å²) in [7, 11) is 0. The van der Waals surface area contributed by atoms with E-state index in [1.807, 2.05) is 11.8 Å². The van der Waals surface area contributed by atoms with Crippen LogP contribution in [0.4, 0.5) is 0 Å². The Bertz CT molecular complexity index is 512. The zero-order valence-electron chi connectivity index (χ0n) is 16.1. The van der Waals surface area contributed by atoms with Gasteiger partial charge in [0.15, 0.2) is 0 Å². The lowest BCUT2D eigenvalue weighted by atomic mass is 9.65. The van der Waals surface area contributed by atoms with Crippen molar-refractivity contribution < 1.29 is 4.79 Å². The van der Waals surface area contributed by atoms with E-state index in [-0.39, 0.29) is 0 Å². The Balaban J connectivity index is 1.60. The number of amides is 1. The fourth-order valence-electron chi connectivity index (χ4n) is 5.50. The van der Waals surface area contributed by atoms with Gasteiger partial charge in [-0.25, -0.2) is 0 Å². The molecular weight excluding hydrogens is 314 g/mol. The Labute approximate surface area is 152 Å². The summed E-state index contributed by atoms with van der Waals surface area (Å²) in [6.45, 7) is 10.4. The molecule has 3 aliphatic rings. The smallest absolute Gasteiger partial charge is 0.250 e. The van der Waals surface area contributed by atoms with E-state index in [9.17, 15) is 4.79 Å². The molecule has 0 radical (unpaired) electrons. The fourth-order valence-corrected chi connectivity index (χ4v) is 6.63. The maximum Gasteiger partial charge on any atom is 0.250 e. The van der Waals surface area contributed by atoms with Gasteiger partial charge >= 0.3 is 0 Å². The molecule has 2 aliphatic heterocycles. The van der Waals surface area contributed by atoms with Crippen molar-refractivity contribution in [2.75, 3.05) is 6.54 Å². The van der Waals surface area contributed by atoms with Crippen molar-refractivity contribution in [3.05, 3.63) is 11.0 Å². The zero-order chi connectivity index (χ0) is 17.4. The second-order valence-electron chi connectivity index (χ2n) is 9.58.